The van der Waals surface area contributed by atoms with Crippen molar-refractivity contribution in [3.8, 4) is 0 Å². The number of nitrogens with zero attached hydrogens (tertiary/aromatic N) is 5. The van der Waals surface area contributed by atoms with Crippen molar-refractivity contribution in [1.82, 2.24) is 19.9 Å². The van der Waals surface area contributed by atoms with E-state index in [1.165, 1.54) is 12.3 Å². The summed E-state index contributed by atoms with van der Waals surface area (Å²) in [7, 11) is 2.00. The highest BCUT2D eigenvalue weighted by molar-refractivity contribution is 5.87. The van der Waals surface area contributed by atoms with Crippen molar-refractivity contribution < 1.29 is 4.39 Å². The molecule has 0 aromatic carbocycles. The lowest BCUT2D eigenvalue weighted by molar-refractivity contribution is 0.618. The number of hydrogen-bond acceptors (Lipinski definition) is 5. The number of hydrogen-bond donors (Lipinski definition) is 1. The number of fused-ring (bicyclic) bond motifs is 1. The Bertz CT molecular complexity index is 815. The number of nitrogens with one attached hydrogen (secondary N) is 1. The SMILES string of the molecule is CN(c1ccc(F)cn1)[C@@H]1CCN(c2ncnc3[nH]ccc23)C1. The van der Waals surface area contributed by atoms with Crippen molar-refractivity contribution in [2.45, 2.75) is 12.5 Å². The Hall–Kier alpha value is -2.70. The molecule has 1 saturated heterocycles. The topological polar surface area (TPSA) is 60.9 Å². The molecule has 118 valence electrons. The van der Waals surface area contributed by atoms with Gasteiger partial charge in [0.2, 0.25) is 0 Å². The molecule has 0 unspecified atom stereocenters. The third-order valence-electron chi connectivity index (χ3n) is 4.42. The van der Waals surface area contributed by atoms with E-state index in [2.05, 4.69) is 29.7 Å². The third-order valence-corrected chi connectivity index (χ3v) is 4.42. The van der Waals surface area contributed by atoms with Gasteiger partial charge in [0.1, 0.15) is 29.4 Å². The summed E-state index contributed by atoms with van der Waals surface area (Å²) in [6.07, 6.45) is 5.73. The van der Waals surface area contributed by atoms with Gasteiger partial charge in [-0.15, -0.1) is 0 Å². The largest absolute Gasteiger partial charge is 0.355 e. The molecule has 3 aromatic heterocycles. The first-order valence-electron chi connectivity index (χ1n) is 7.60. The van der Waals surface area contributed by atoms with E-state index in [0.717, 1.165) is 42.2 Å². The molecule has 0 radical (unpaired) electrons. The molecule has 1 aliphatic rings. The van der Waals surface area contributed by atoms with Crippen molar-refractivity contribution >= 4 is 22.7 Å². The molecule has 1 fully saturated rings. The zero-order chi connectivity index (χ0) is 15.8. The Morgan fingerprint density at radius 1 is 1.26 bits per heavy atom. The van der Waals surface area contributed by atoms with Crippen LogP contribution in [-0.4, -0.2) is 46.1 Å². The van der Waals surface area contributed by atoms with Gasteiger partial charge in [-0.3, -0.25) is 0 Å². The second-order valence-electron chi connectivity index (χ2n) is 5.77. The van der Waals surface area contributed by atoms with Crippen LogP contribution in [0.2, 0.25) is 0 Å². The lowest BCUT2D eigenvalue weighted by Gasteiger charge is -2.26. The molecular weight excluding hydrogens is 295 g/mol. The van der Waals surface area contributed by atoms with Gasteiger partial charge in [-0.2, -0.15) is 0 Å². The minimum atomic E-state index is -0.314. The molecular formula is C16H17FN6. The summed E-state index contributed by atoms with van der Waals surface area (Å²) in [6.45, 7) is 1.78. The molecule has 1 N–H and O–H groups in total. The van der Waals surface area contributed by atoms with Crippen molar-refractivity contribution in [3.63, 3.8) is 0 Å². The standard InChI is InChI=1S/C16H17FN6/c1-22(14-3-2-11(17)8-19-14)12-5-7-23(9-12)16-13-4-6-18-15(13)20-10-21-16/h2-4,6,8,10,12H,5,7,9H2,1H3,(H,18,20,21)/t12-/m1/s1. The van der Waals surface area contributed by atoms with Crippen molar-refractivity contribution in [3.05, 3.63) is 42.7 Å². The summed E-state index contributed by atoms with van der Waals surface area (Å²) >= 11 is 0. The summed E-state index contributed by atoms with van der Waals surface area (Å²) in [5.41, 5.74) is 0.854. The first-order chi connectivity index (χ1) is 11.2. The number of anilines is 2. The molecule has 4 heterocycles. The smallest absolute Gasteiger partial charge is 0.142 e. The Kier molecular flexibility index (Phi) is 3.33. The Morgan fingerprint density at radius 3 is 3.00 bits per heavy atom. The molecule has 0 amide bonds. The minimum absolute atomic E-state index is 0.314. The summed E-state index contributed by atoms with van der Waals surface area (Å²) < 4.78 is 13.0. The Labute approximate surface area is 133 Å². The van der Waals surface area contributed by atoms with Gasteiger partial charge in [-0.05, 0) is 24.6 Å². The second kappa shape index (κ2) is 5.49. The Balaban J connectivity index is 1.55. The molecule has 0 saturated carbocycles. The first kappa shape index (κ1) is 13.9. The van der Waals surface area contributed by atoms with E-state index in [1.54, 1.807) is 12.4 Å². The Morgan fingerprint density at radius 2 is 2.17 bits per heavy atom. The zero-order valence-corrected chi connectivity index (χ0v) is 12.8. The van der Waals surface area contributed by atoms with Crippen LogP contribution in [0.1, 0.15) is 6.42 Å². The molecule has 4 rings (SSSR count). The van der Waals surface area contributed by atoms with Crippen LogP contribution < -0.4 is 9.80 Å². The first-order valence-corrected chi connectivity index (χ1v) is 7.60. The molecule has 6 nitrogen and oxygen atoms in total. The van der Waals surface area contributed by atoms with Crippen LogP contribution in [0.4, 0.5) is 16.0 Å². The van der Waals surface area contributed by atoms with Crippen LogP contribution in [0.3, 0.4) is 0 Å². The maximum absolute atomic E-state index is 13.0. The normalized spacial score (nSPS) is 17.8. The lowest BCUT2D eigenvalue weighted by Crippen LogP contribution is -2.35. The van der Waals surface area contributed by atoms with Gasteiger partial charge in [-0.25, -0.2) is 19.3 Å². The van der Waals surface area contributed by atoms with Crippen LogP contribution in [0, 0.1) is 5.82 Å². The fourth-order valence-corrected chi connectivity index (χ4v) is 3.12. The highest BCUT2D eigenvalue weighted by Crippen LogP contribution is 2.27. The summed E-state index contributed by atoms with van der Waals surface area (Å²) in [5, 5.41) is 1.04. The molecule has 1 atom stereocenters. The van der Waals surface area contributed by atoms with Gasteiger partial charge >= 0.3 is 0 Å². The number of pyridine rings is 1. The molecule has 3 aromatic rings. The van der Waals surface area contributed by atoms with Gasteiger partial charge in [0.05, 0.1) is 11.6 Å². The number of aromatic amines is 1. The van der Waals surface area contributed by atoms with Gasteiger partial charge in [0.25, 0.3) is 0 Å². The quantitative estimate of drug-likeness (QED) is 0.803. The molecule has 1 aliphatic heterocycles. The predicted octanol–water partition coefficient (Wildman–Crippen LogP) is 2.21. The summed E-state index contributed by atoms with van der Waals surface area (Å²) in [6, 6.07) is 5.48. The molecule has 7 heteroatoms. The van der Waals surface area contributed by atoms with Crippen LogP contribution in [0.5, 0.6) is 0 Å². The highest BCUT2D eigenvalue weighted by Gasteiger charge is 2.28. The maximum atomic E-state index is 13.0. The van der Waals surface area contributed by atoms with Crippen LogP contribution in [0.25, 0.3) is 11.0 Å². The number of H-pyrrole nitrogens is 1. The molecule has 0 aliphatic carbocycles. The second-order valence-corrected chi connectivity index (χ2v) is 5.77. The van der Waals surface area contributed by atoms with Crippen molar-refractivity contribution in [1.29, 1.82) is 0 Å². The average Bonchev–Trinajstić information content (AvgIpc) is 3.24. The summed E-state index contributed by atoms with van der Waals surface area (Å²) in [5.74, 6) is 1.43. The summed E-state index contributed by atoms with van der Waals surface area (Å²) in [4.78, 5) is 20.3. The van der Waals surface area contributed by atoms with Crippen LogP contribution in [0.15, 0.2) is 36.9 Å². The fourth-order valence-electron chi connectivity index (χ4n) is 3.12. The van der Waals surface area contributed by atoms with Crippen LogP contribution >= 0.6 is 0 Å². The van der Waals surface area contributed by atoms with E-state index in [1.807, 2.05) is 19.3 Å². The molecule has 0 spiro atoms. The van der Waals surface area contributed by atoms with E-state index >= 15 is 0 Å². The zero-order valence-electron chi connectivity index (χ0n) is 12.8. The van der Waals surface area contributed by atoms with Crippen LogP contribution in [-0.2, 0) is 0 Å². The lowest BCUT2D eigenvalue weighted by atomic mass is 10.2. The number of aromatic nitrogens is 4. The number of rotatable bonds is 3. The van der Waals surface area contributed by atoms with Gasteiger partial charge < -0.3 is 14.8 Å². The van der Waals surface area contributed by atoms with Gasteiger partial charge in [-0.1, -0.05) is 0 Å². The van der Waals surface area contributed by atoms with E-state index in [4.69, 9.17) is 0 Å². The monoisotopic (exact) mass is 312 g/mol. The highest BCUT2D eigenvalue weighted by atomic mass is 19.1. The van der Waals surface area contributed by atoms with E-state index in [-0.39, 0.29) is 5.82 Å². The third kappa shape index (κ3) is 2.48. The molecule has 23 heavy (non-hydrogen) atoms. The number of likely N-dealkylation sites (N-methyl/N-ethyl adjacent to an activating group) is 1. The minimum Gasteiger partial charge on any atom is -0.355 e. The van der Waals surface area contributed by atoms with Gasteiger partial charge in [0, 0.05) is 32.4 Å². The van der Waals surface area contributed by atoms with E-state index in [0.29, 0.717) is 6.04 Å². The number of halogens is 1. The predicted molar refractivity (Wildman–Crippen MR) is 87.1 cm³/mol. The molecule has 0 bridgehead atoms. The van der Waals surface area contributed by atoms with Crippen molar-refractivity contribution in [2.24, 2.45) is 0 Å². The van der Waals surface area contributed by atoms with Crippen molar-refractivity contribution in [2.75, 3.05) is 29.9 Å². The maximum Gasteiger partial charge on any atom is 0.142 e. The van der Waals surface area contributed by atoms with E-state index < -0.39 is 0 Å². The van der Waals surface area contributed by atoms with E-state index in [9.17, 15) is 4.39 Å². The fraction of sp³-hybridized carbons (Fsp3) is 0.312. The average molecular weight is 312 g/mol. The van der Waals surface area contributed by atoms with Gasteiger partial charge in [0.15, 0.2) is 0 Å².